The van der Waals surface area contributed by atoms with E-state index in [4.69, 9.17) is 17.0 Å². The molecule has 0 bridgehead atoms. The summed E-state index contributed by atoms with van der Waals surface area (Å²) in [6.45, 7) is 1.72. The van der Waals surface area contributed by atoms with Gasteiger partial charge in [-0.15, -0.1) is 0 Å². The van der Waals surface area contributed by atoms with Gasteiger partial charge in [-0.25, -0.2) is 0 Å². The smallest absolute Gasteiger partial charge is 0.313 e. The van der Waals surface area contributed by atoms with E-state index in [1.165, 1.54) is 7.11 Å². The van der Waals surface area contributed by atoms with Crippen LogP contribution in [0.2, 0.25) is 0 Å². The highest BCUT2D eigenvalue weighted by atomic mass is 16.5. The predicted molar refractivity (Wildman–Crippen MR) is 107 cm³/mol. The topological polar surface area (TPSA) is 82.1 Å². The Morgan fingerprint density at radius 3 is 2.52 bits per heavy atom. The Bertz CT molecular complexity index is 1040. The number of ketones is 1. The van der Waals surface area contributed by atoms with Crippen molar-refractivity contribution >= 4 is 11.8 Å². The third-order valence-corrected chi connectivity index (χ3v) is 6.06. The van der Waals surface area contributed by atoms with Crippen molar-refractivity contribution in [1.82, 2.24) is 0 Å². The largest absolute Gasteiger partial charge is 0.493 e. The number of Topliss-reactive ketones (excluding diaryl/α,β-unsaturated/α-hetero) is 1. The monoisotopic (exact) mass is 398 g/mol. The molecular formula is C23H24O6. The summed E-state index contributed by atoms with van der Waals surface area (Å²) in [5, 5.41) is 9.67. The fourth-order valence-corrected chi connectivity index (χ4v) is 4.12. The number of hydrogen-bond acceptors (Lipinski definition) is 5. The van der Waals surface area contributed by atoms with Gasteiger partial charge < -0.3 is 19.3 Å². The van der Waals surface area contributed by atoms with Gasteiger partial charge in [-0.3, -0.25) is 9.59 Å². The SMILES string of the molecule is [2H]C([2H])Oc1ccc(-c2cccc3c2CCC3=O)c(OC(C)C2(C(=O)O)CC2)c1OC. The van der Waals surface area contributed by atoms with Gasteiger partial charge in [-0.2, -0.15) is 0 Å². The molecule has 2 aromatic carbocycles. The molecule has 1 saturated carbocycles. The van der Waals surface area contributed by atoms with Crippen LogP contribution in [-0.4, -0.2) is 37.1 Å². The average molecular weight is 398 g/mol. The first-order valence-corrected chi connectivity index (χ1v) is 9.56. The van der Waals surface area contributed by atoms with Crippen LogP contribution in [0.25, 0.3) is 11.1 Å². The molecule has 0 aromatic heterocycles. The maximum absolute atomic E-state index is 12.2. The van der Waals surface area contributed by atoms with E-state index >= 15 is 0 Å². The van der Waals surface area contributed by atoms with Crippen LogP contribution in [0, 0.1) is 5.41 Å². The van der Waals surface area contributed by atoms with Gasteiger partial charge in [-0.05, 0) is 49.4 Å². The molecule has 0 amide bonds. The molecule has 6 heteroatoms. The second-order valence-electron chi connectivity index (χ2n) is 7.57. The number of carbonyl (C=O) groups is 2. The van der Waals surface area contributed by atoms with Crippen molar-refractivity contribution in [2.24, 2.45) is 5.41 Å². The number of rotatable bonds is 7. The molecule has 2 aliphatic carbocycles. The van der Waals surface area contributed by atoms with E-state index in [9.17, 15) is 14.7 Å². The van der Waals surface area contributed by atoms with E-state index in [1.54, 1.807) is 25.1 Å². The zero-order valence-electron chi connectivity index (χ0n) is 18.4. The first kappa shape index (κ1) is 16.9. The molecule has 152 valence electrons. The van der Waals surface area contributed by atoms with E-state index in [-0.39, 0.29) is 23.0 Å². The lowest BCUT2D eigenvalue weighted by atomic mass is 9.95. The molecule has 1 atom stereocenters. The molecule has 0 radical (unpaired) electrons. The second kappa shape index (κ2) is 7.10. The summed E-state index contributed by atoms with van der Waals surface area (Å²) in [7, 11) is -0.146. The lowest BCUT2D eigenvalue weighted by molar-refractivity contribution is -0.146. The average Bonchev–Trinajstić information content (AvgIpc) is 3.47. The molecule has 0 heterocycles. The molecule has 0 spiro atoms. The van der Waals surface area contributed by atoms with Gasteiger partial charge in [0.15, 0.2) is 17.3 Å². The van der Waals surface area contributed by atoms with Crippen LogP contribution in [0.3, 0.4) is 0 Å². The van der Waals surface area contributed by atoms with Crippen LogP contribution in [0.15, 0.2) is 30.3 Å². The van der Waals surface area contributed by atoms with Crippen molar-refractivity contribution in [3.63, 3.8) is 0 Å². The molecule has 1 fully saturated rings. The van der Waals surface area contributed by atoms with Crippen LogP contribution >= 0.6 is 0 Å². The van der Waals surface area contributed by atoms with E-state index in [1.807, 2.05) is 12.1 Å². The fourth-order valence-electron chi connectivity index (χ4n) is 4.12. The highest BCUT2D eigenvalue weighted by Gasteiger charge is 2.56. The van der Waals surface area contributed by atoms with E-state index < -0.39 is 24.6 Å². The molecule has 6 nitrogen and oxygen atoms in total. The van der Waals surface area contributed by atoms with Crippen molar-refractivity contribution in [3.05, 3.63) is 41.5 Å². The van der Waals surface area contributed by atoms with E-state index in [0.29, 0.717) is 36.8 Å². The Morgan fingerprint density at radius 1 is 1.10 bits per heavy atom. The molecule has 0 saturated heterocycles. The molecule has 29 heavy (non-hydrogen) atoms. The number of benzene rings is 2. The third kappa shape index (κ3) is 3.03. The Balaban J connectivity index is 1.86. The van der Waals surface area contributed by atoms with Crippen molar-refractivity contribution in [2.75, 3.05) is 14.2 Å². The zero-order valence-corrected chi connectivity index (χ0v) is 16.4. The molecule has 2 aliphatic rings. The zero-order chi connectivity index (χ0) is 22.3. The van der Waals surface area contributed by atoms with Gasteiger partial charge in [-0.1, -0.05) is 18.2 Å². The van der Waals surface area contributed by atoms with Crippen molar-refractivity contribution in [1.29, 1.82) is 0 Å². The molecule has 4 rings (SSSR count). The van der Waals surface area contributed by atoms with Crippen LogP contribution in [0.5, 0.6) is 17.2 Å². The van der Waals surface area contributed by atoms with Gasteiger partial charge >= 0.3 is 5.97 Å². The van der Waals surface area contributed by atoms with E-state index in [2.05, 4.69) is 0 Å². The van der Waals surface area contributed by atoms with Gasteiger partial charge in [0.2, 0.25) is 5.75 Å². The third-order valence-electron chi connectivity index (χ3n) is 6.06. The summed E-state index contributed by atoms with van der Waals surface area (Å²) in [5.41, 5.74) is 2.09. The minimum absolute atomic E-state index is 0.0914. The summed E-state index contributed by atoms with van der Waals surface area (Å²) in [5.74, 6) is -0.178. The van der Waals surface area contributed by atoms with Crippen LogP contribution in [0.4, 0.5) is 0 Å². The lowest BCUT2D eigenvalue weighted by Gasteiger charge is -2.25. The van der Waals surface area contributed by atoms with Gasteiger partial charge in [0.25, 0.3) is 0 Å². The second-order valence-corrected chi connectivity index (χ2v) is 7.57. The summed E-state index contributed by atoms with van der Waals surface area (Å²) >= 11 is 0. The number of ether oxygens (including phenoxy) is 3. The number of fused-ring (bicyclic) bond motifs is 1. The predicted octanol–water partition coefficient (Wildman–Crippen LogP) is 4.13. The summed E-state index contributed by atoms with van der Waals surface area (Å²) in [4.78, 5) is 24.0. The minimum Gasteiger partial charge on any atom is -0.493 e. The van der Waals surface area contributed by atoms with E-state index in [0.717, 1.165) is 11.1 Å². The molecule has 1 N–H and O–H groups in total. The Hall–Kier alpha value is -3.02. The molecule has 2 aromatic rings. The Labute approximate surface area is 172 Å². The summed E-state index contributed by atoms with van der Waals surface area (Å²) < 4.78 is 31.9. The number of methoxy groups -OCH3 is 2. The van der Waals surface area contributed by atoms with Gasteiger partial charge in [0.1, 0.15) is 11.5 Å². The number of carboxylic acids is 1. The van der Waals surface area contributed by atoms with Crippen molar-refractivity contribution in [3.8, 4) is 28.4 Å². The number of hydrogen-bond donors (Lipinski definition) is 1. The van der Waals surface area contributed by atoms with Crippen LogP contribution in [0.1, 0.15) is 44.8 Å². The minimum atomic E-state index is -1.57. The molecule has 0 aliphatic heterocycles. The molecular weight excluding hydrogens is 372 g/mol. The normalized spacial score (nSPS) is 18.5. The van der Waals surface area contributed by atoms with Gasteiger partial charge in [0, 0.05) is 17.5 Å². The fraction of sp³-hybridized carbons (Fsp3) is 0.391. The first-order valence-electron chi connectivity index (χ1n) is 10.7. The standard InChI is InChI=1S/C23H24O6/c1-13(23(11-12-23)22(25)26)29-20-17(8-10-19(27-2)21(20)28-3)14-5-4-6-16-15(14)7-9-18(16)24/h4-6,8,10,13H,7,9,11-12H2,1-3H3,(H,25,26)/i2D2. The molecule has 1 unspecified atom stereocenters. The number of carboxylic acid groups (broad SMARTS) is 1. The highest BCUT2D eigenvalue weighted by Crippen LogP contribution is 2.53. The quantitative estimate of drug-likeness (QED) is 0.755. The van der Waals surface area contributed by atoms with Crippen molar-refractivity contribution < 1.29 is 31.6 Å². The summed E-state index contributed by atoms with van der Waals surface area (Å²) in [6, 6.07) is 8.85. The first-order chi connectivity index (χ1) is 14.8. The summed E-state index contributed by atoms with van der Waals surface area (Å²) in [6.07, 6.45) is 1.45. The maximum Gasteiger partial charge on any atom is 0.313 e. The Kier molecular flexibility index (Phi) is 4.14. The van der Waals surface area contributed by atoms with Crippen molar-refractivity contribution in [2.45, 2.75) is 38.7 Å². The number of carbonyl (C=O) groups excluding carboxylic acids is 1. The Morgan fingerprint density at radius 2 is 1.86 bits per heavy atom. The van der Waals surface area contributed by atoms with Crippen LogP contribution in [-0.2, 0) is 11.2 Å². The maximum atomic E-state index is 12.2. The van der Waals surface area contributed by atoms with Gasteiger partial charge in [0.05, 0.1) is 16.9 Å². The lowest BCUT2D eigenvalue weighted by Crippen LogP contribution is -2.32. The highest BCUT2D eigenvalue weighted by molar-refractivity contribution is 6.02. The number of aliphatic carboxylic acids is 1. The van der Waals surface area contributed by atoms with Crippen LogP contribution < -0.4 is 14.2 Å².